The third-order valence-electron chi connectivity index (χ3n) is 0.735. The minimum Gasteiger partial charge on any atom is -0.299 e. The van der Waals surface area contributed by atoms with Crippen molar-refractivity contribution >= 4 is 12.6 Å². The molecule has 0 atom stereocenters. The van der Waals surface area contributed by atoms with Gasteiger partial charge in [0.05, 0.1) is 0 Å². The van der Waals surface area contributed by atoms with Crippen LogP contribution >= 0.6 is 0 Å². The lowest BCUT2D eigenvalue weighted by molar-refractivity contribution is -0.105. The van der Waals surface area contributed by atoms with E-state index in [1.54, 1.807) is 13.0 Å². The molecule has 0 aliphatic carbocycles. The fourth-order valence-corrected chi connectivity index (χ4v) is 0.292. The van der Waals surface area contributed by atoms with E-state index in [-0.39, 0.29) is 0 Å². The van der Waals surface area contributed by atoms with E-state index in [0.29, 0.717) is 11.9 Å². The van der Waals surface area contributed by atoms with Crippen molar-refractivity contribution in [2.24, 2.45) is 0 Å². The van der Waals surface area contributed by atoms with Gasteiger partial charge in [0.1, 0.15) is 12.6 Å². The minimum atomic E-state index is 0.605. The summed E-state index contributed by atoms with van der Waals surface area (Å²) in [6.45, 7) is 1.67. The standard InChI is InChI=1S/C7H8O2/c1-7(6-9)4-2-3-5-8/h2-6H,1H3/b3-2-,7-4+. The van der Waals surface area contributed by atoms with Crippen LogP contribution in [0.1, 0.15) is 6.92 Å². The Hall–Kier alpha value is -1.18. The highest BCUT2D eigenvalue weighted by Gasteiger charge is 1.76. The van der Waals surface area contributed by atoms with Gasteiger partial charge >= 0.3 is 0 Å². The second-order valence-corrected chi connectivity index (χ2v) is 1.55. The monoisotopic (exact) mass is 124 g/mol. The largest absolute Gasteiger partial charge is 0.299 e. The van der Waals surface area contributed by atoms with Crippen LogP contribution in [0.3, 0.4) is 0 Å². The smallest absolute Gasteiger partial charge is 0.145 e. The quantitative estimate of drug-likeness (QED) is 0.318. The van der Waals surface area contributed by atoms with Crippen LogP contribution in [0.25, 0.3) is 0 Å². The molecule has 0 N–H and O–H groups in total. The van der Waals surface area contributed by atoms with Crippen LogP contribution in [0.2, 0.25) is 0 Å². The molecule has 0 aromatic rings. The molecule has 2 heteroatoms. The van der Waals surface area contributed by atoms with E-state index in [9.17, 15) is 9.59 Å². The van der Waals surface area contributed by atoms with Crippen molar-refractivity contribution in [1.82, 2.24) is 0 Å². The zero-order valence-corrected chi connectivity index (χ0v) is 5.20. The van der Waals surface area contributed by atoms with Gasteiger partial charge < -0.3 is 0 Å². The van der Waals surface area contributed by atoms with Crippen molar-refractivity contribution in [3.63, 3.8) is 0 Å². The lowest BCUT2D eigenvalue weighted by Crippen LogP contribution is -1.72. The molecule has 0 aliphatic rings. The zero-order valence-electron chi connectivity index (χ0n) is 5.20. The van der Waals surface area contributed by atoms with Crippen LogP contribution in [0, 0.1) is 0 Å². The lowest BCUT2D eigenvalue weighted by atomic mass is 10.3. The Morgan fingerprint density at radius 3 is 2.33 bits per heavy atom. The predicted octanol–water partition coefficient (Wildman–Crippen LogP) is 0.887. The van der Waals surface area contributed by atoms with Crippen molar-refractivity contribution in [3.05, 3.63) is 23.8 Å². The van der Waals surface area contributed by atoms with Gasteiger partial charge in [-0.25, -0.2) is 0 Å². The van der Waals surface area contributed by atoms with Gasteiger partial charge in [-0.15, -0.1) is 0 Å². The van der Waals surface area contributed by atoms with Crippen LogP contribution in [-0.4, -0.2) is 12.6 Å². The van der Waals surface area contributed by atoms with Gasteiger partial charge in [0.25, 0.3) is 0 Å². The third-order valence-corrected chi connectivity index (χ3v) is 0.735. The maximum absolute atomic E-state index is 9.91. The first-order valence-corrected chi connectivity index (χ1v) is 2.55. The average molecular weight is 124 g/mol. The van der Waals surface area contributed by atoms with Gasteiger partial charge in [-0.3, -0.25) is 9.59 Å². The van der Waals surface area contributed by atoms with E-state index >= 15 is 0 Å². The molecule has 9 heavy (non-hydrogen) atoms. The second kappa shape index (κ2) is 4.97. The van der Waals surface area contributed by atoms with E-state index in [1.165, 1.54) is 12.2 Å². The van der Waals surface area contributed by atoms with Gasteiger partial charge in [-0.2, -0.15) is 0 Å². The van der Waals surface area contributed by atoms with E-state index < -0.39 is 0 Å². The summed E-state index contributed by atoms with van der Waals surface area (Å²) in [6.07, 6.45) is 5.81. The molecule has 0 saturated heterocycles. The number of carbonyl (C=O) groups excluding carboxylic acids is 2. The Morgan fingerprint density at radius 2 is 1.89 bits per heavy atom. The fraction of sp³-hybridized carbons (Fsp3) is 0.143. The summed E-state index contributed by atoms with van der Waals surface area (Å²) in [7, 11) is 0. The van der Waals surface area contributed by atoms with Crippen molar-refractivity contribution in [1.29, 1.82) is 0 Å². The zero-order chi connectivity index (χ0) is 7.11. The Labute approximate surface area is 53.9 Å². The molecule has 0 aliphatic heterocycles. The molecule has 0 aromatic carbocycles. The van der Waals surface area contributed by atoms with E-state index in [0.717, 1.165) is 6.29 Å². The number of rotatable bonds is 3. The molecule has 0 saturated carbocycles. The number of allylic oxidation sites excluding steroid dienone is 4. The summed E-state index contributed by atoms with van der Waals surface area (Å²) in [5.41, 5.74) is 0.605. The molecular weight excluding hydrogens is 116 g/mol. The summed E-state index contributed by atoms with van der Waals surface area (Å²) >= 11 is 0. The molecule has 48 valence electrons. The maximum Gasteiger partial charge on any atom is 0.145 e. The third kappa shape index (κ3) is 4.68. The molecule has 0 radical (unpaired) electrons. The maximum atomic E-state index is 9.91. The number of hydrogen-bond donors (Lipinski definition) is 0. The molecule has 0 bridgehead atoms. The van der Waals surface area contributed by atoms with Crippen LogP contribution in [0.5, 0.6) is 0 Å². The van der Waals surface area contributed by atoms with Crippen molar-refractivity contribution in [2.75, 3.05) is 0 Å². The fourth-order valence-electron chi connectivity index (χ4n) is 0.292. The summed E-state index contributed by atoms with van der Waals surface area (Å²) in [5.74, 6) is 0. The van der Waals surface area contributed by atoms with Crippen molar-refractivity contribution in [2.45, 2.75) is 6.92 Å². The topological polar surface area (TPSA) is 34.1 Å². The van der Waals surface area contributed by atoms with Crippen LogP contribution in [0.4, 0.5) is 0 Å². The average Bonchev–Trinajstić information content (AvgIpc) is 1.89. The van der Waals surface area contributed by atoms with Gasteiger partial charge in [0.15, 0.2) is 0 Å². The number of hydrogen-bond acceptors (Lipinski definition) is 2. The minimum absolute atomic E-state index is 0.605. The molecule has 0 rings (SSSR count). The van der Waals surface area contributed by atoms with E-state index in [2.05, 4.69) is 0 Å². The summed E-state index contributed by atoms with van der Waals surface area (Å²) in [4.78, 5) is 19.6. The van der Waals surface area contributed by atoms with Crippen molar-refractivity contribution in [3.8, 4) is 0 Å². The summed E-state index contributed by atoms with van der Waals surface area (Å²) in [6, 6.07) is 0. The molecule has 0 fully saturated rings. The first-order valence-electron chi connectivity index (χ1n) is 2.55. The van der Waals surface area contributed by atoms with Gasteiger partial charge in [0.2, 0.25) is 0 Å². The van der Waals surface area contributed by atoms with Gasteiger partial charge in [-0.1, -0.05) is 12.2 Å². The highest BCUT2D eigenvalue weighted by Crippen LogP contribution is 1.85. The van der Waals surface area contributed by atoms with Crippen LogP contribution in [-0.2, 0) is 9.59 Å². The first kappa shape index (κ1) is 7.82. The molecule has 0 unspecified atom stereocenters. The van der Waals surface area contributed by atoms with Crippen LogP contribution in [0.15, 0.2) is 23.8 Å². The molecule has 0 heterocycles. The Bertz CT molecular complexity index is 154. The molecule has 2 nitrogen and oxygen atoms in total. The van der Waals surface area contributed by atoms with Gasteiger partial charge in [-0.05, 0) is 18.6 Å². The SMILES string of the molecule is C/C(C=O)=C\C=C/C=O. The van der Waals surface area contributed by atoms with Crippen molar-refractivity contribution < 1.29 is 9.59 Å². The Morgan fingerprint density at radius 1 is 1.22 bits per heavy atom. The highest BCUT2D eigenvalue weighted by molar-refractivity contribution is 5.73. The normalized spacial score (nSPS) is 11.9. The second-order valence-electron chi connectivity index (χ2n) is 1.55. The summed E-state index contributed by atoms with van der Waals surface area (Å²) < 4.78 is 0. The lowest BCUT2D eigenvalue weighted by Gasteiger charge is -1.77. The molecule has 0 spiro atoms. The molecule has 0 aromatic heterocycles. The molecular formula is C7H8O2. The summed E-state index contributed by atoms with van der Waals surface area (Å²) in [5, 5.41) is 0. The van der Waals surface area contributed by atoms with Crippen LogP contribution < -0.4 is 0 Å². The number of aldehydes is 2. The van der Waals surface area contributed by atoms with Gasteiger partial charge in [0, 0.05) is 0 Å². The van der Waals surface area contributed by atoms with E-state index in [1.807, 2.05) is 0 Å². The Balaban J connectivity index is 3.81. The highest BCUT2D eigenvalue weighted by atomic mass is 16.1. The first-order chi connectivity index (χ1) is 4.31. The van der Waals surface area contributed by atoms with E-state index in [4.69, 9.17) is 0 Å². The number of carbonyl (C=O) groups is 2. The molecule has 0 amide bonds. The predicted molar refractivity (Wildman–Crippen MR) is 35.0 cm³/mol. The Kier molecular flexibility index (Phi) is 4.32.